The van der Waals surface area contributed by atoms with Crippen LogP contribution in [-0.2, 0) is 19.4 Å². The first kappa shape index (κ1) is 32.6. The average Bonchev–Trinajstić information content (AvgIpc) is 2.96. The monoisotopic (exact) mass is 576 g/mol. The van der Waals surface area contributed by atoms with E-state index in [0.717, 1.165) is 16.7 Å². The van der Waals surface area contributed by atoms with Crippen molar-refractivity contribution in [2.75, 3.05) is 13.1 Å². The molecular formula is C33H44N4O5. The number of aliphatic hydroxyl groups excluding tert-OH is 2. The summed E-state index contributed by atoms with van der Waals surface area (Å²) in [6, 6.07) is 26.8. The first-order valence-corrected chi connectivity index (χ1v) is 14.3. The van der Waals surface area contributed by atoms with Crippen LogP contribution in [0.3, 0.4) is 0 Å². The zero-order valence-electron chi connectivity index (χ0n) is 24.6. The van der Waals surface area contributed by atoms with Gasteiger partial charge in [0.1, 0.15) is 0 Å². The van der Waals surface area contributed by atoms with Crippen LogP contribution in [0.2, 0.25) is 0 Å². The number of benzene rings is 3. The number of urea groups is 1. The van der Waals surface area contributed by atoms with Crippen molar-refractivity contribution in [2.24, 2.45) is 0 Å². The normalized spacial score (nSPS) is 14.3. The zero-order chi connectivity index (χ0) is 30.5. The molecule has 0 heterocycles. The fourth-order valence-electron chi connectivity index (χ4n) is 4.99. The Morgan fingerprint density at radius 1 is 0.738 bits per heavy atom. The number of hydrogen-bond donors (Lipinski definition) is 6. The first-order chi connectivity index (χ1) is 20.0. The highest BCUT2D eigenvalue weighted by Crippen LogP contribution is 2.23. The summed E-state index contributed by atoms with van der Waals surface area (Å²) in [5.74, 6) is 0. The Bertz CT molecular complexity index is 1220. The second-order valence-corrected chi connectivity index (χ2v) is 11.5. The maximum atomic E-state index is 12.7. The summed E-state index contributed by atoms with van der Waals surface area (Å²) in [6.07, 6.45) is -2.42. The molecule has 0 aliphatic carbocycles. The number of nitrogens with one attached hydrogen (secondary N) is 3. The number of carbonyl (C=O) groups excluding carboxylic acids is 1. The fourth-order valence-corrected chi connectivity index (χ4v) is 4.99. The lowest BCUT2D eigenvalue weighted by Gasteiger charge is -2.42. The van der Waals surface area contributed by atoms with Gasteiger partial charge in [-0.2, -0.15) is 0 Å². The van der Waals surface area contributed by atoms with Crippen molar-refractivity contribution in [1.82, 2.24) is 20.9 Å². The van der Waals surface area contributed by atoms with Gasteiger partial charge in [-0.25, -0.2) is 9.59 Å². The molecule has 3 aromatic carbocycles. The summed E-state index contributed by atoms with van der Waals surface area (Å²) in [6.45, 7) is 5.87. The SMILES string of the molecule is CC(C)(C)N(C(=O)O)[C@@H](Cc1ccccc1)[C@H](O)CNC[C@@H](O)[C@H](Cc1ccccc1)NC(=O)NCc1ccccc1. The number of rotatable bonds is 14. The average molecular weight is 577 g/mol. The lowest BCUT2D eigenvalue weighted by atomic mass is 9.94. The highest BCUT2D eigenvalue weighted by molar-refractivity contribution is 5.74. The van der Waals surface area contributed by atoms with Crippen LogP contribution in [0.5, 0.6) is 0 Å². The molecule has 0 spiro atoms. The molecule has 0 saturated heterocycles. The minimum absolute atomic E-state index is 0.0483. The third-order valence-corrected chi connectivity index (χ3v) is 7.07. The molecule has 42 heavy (non-hydrogen) atoms. The van der Waals surface area contributed by atoms with Gasteiger partial charge in [-0.1, -0.05) is 91.0 Å². The number of amides is 3. The van der Waals surface area contributed by atoms with E-state index >= 15 is 0 Å². The second kappa shape index (κ2) is 15.9. The quantitative estimate of drug-likeness (QED) is 0.173. The molecule has 9 nitrogen and oxygen atoms in total. The molecule has 4 atom stereocenters. The highest BCUT2D eigenvalue weighted by Gasteiger charge is 2.37. The van der Waals surface area contributed by atoms with E-state index in [9.17, 15) is 24.9 Å². The minimum atomic E-state index is -1.11. The van der Waals surface area contributed by atoms with Gasteiger partial charge < -0.3 is 31.3 Å². The van der Waals surface area contributed by atoms with Gasteiger partial charge in [0.15, 0.2) is 0 Å². The molecule has 0 saturated carbocycles. The number of aliphatic hydroxyl groups is 2. The molecule has 0 radical (unpaired) electrons. The van der Waals surface area contributed by atoms with Crippen LogP contribution in [0.1, 0.15) is 37.5 Å². The van der Waals surface area contributed by atoms with Crippen molar-refractivity contribution in [1.29, 1.82) is 0 Å². The molecule has 0 aliphatic heterocycles. The van der Waals surface area contributed by atoms with Crippen LogP contribution < -0.4 is 16.0 Å². The largest absolute Gasteiger partial charge is 0.465 e. The van der Waals surface area contributed by atoms with Gasteiger partial charge in [0.2, 0.25) is 0 Å². The Morgan fingerprint density at radius 3 is 1.71 bits per heavy atom. The highest BCUT2D eigenvalue weighted by atomic mass is 16.4. The third-order valence-electron chi connectivity index (χ3n) is 7.07. The topological polar surface area (TPSA) is 134 Å². The summed E-state index contributed by atoms with van der Waals surface area (Å²) in [5, 5.41) is 41.2. The van der Waals surface area contributed by atoms with Gasteiger partial charge >= 0.3 is 12.1 Å². The number of carbonyl (C=O) groups is 2. The van der Waals surface area contributed by atoms with Crippen molar-refractivity contribution in [2.45, 2.75) is 70.0 Å². The molecule has 0 aliphatic rings. The standard InChI is InChI=1S/C33H44N4O5/c1-33(2,3)37(32(41)42)28(20-25-15-9-5-10-16-25)30(39)23-34-22-29(38)27(19-24-13-7-4-8-14-24)36-31(40)35-21-26-17-11-6-12-18-26/h4-18,27-30,34,38-39H,19-23H2,1-3H3,(H,41,42)(H2,35,36,40)/t27-,28-,29+,30+/m0/s1. The molecule has 0 fully saturated rings. The van der Waals surface area contributed by atoms with Crippen LogP contribution in [0, 0.1) is 0 Å². The molecule has 9 heteroatoms. The number of carboxylic acid groups (broad SMARTS) is 1. The maximum absolute atomic E-state index is 12.7. The molecule has 0 aromatic heterocycles. The van der Waals surface area contributed by atoms with E-state index in [1.54, 1.807) is 20.8 Å². The summed E-state index contributed by atoms with van der Waals surface area (Å²) in [7, 11) is 0. The maximum Gasteiger partial charge on any atom is 0.408 e. The van der Waals surface area contributed by atoms with Crippen LogP contribution in [0.25, 0.3) is 0 Å². The summed E-state index contributed by atoms with van der Waals surface area (Å²) >= 11 is 0. The van der Waals surface area contributed by atoms with Crippen LogP contribution in [-0.4, -0.2) is 75.3 Å². The third kappa shape index (κ3) is 10.5. The van der Waals surface area contributed by atoms with E-state index in [1.165, 1.54) is 4.90 Å². The molecule has 3 rings (SSSR count). The van der Waals surface area contributed by atoms with E-state index in [2.05, 4.69) is 16.0 Å². The van der Waals surface area contributed by atoms with E-state index in [0.29, 0.717) is 19.4 Å². The molecule has 6 N–H and O–H groups in total. The summed E-state index contributed by atoms with van der Waals surface area (Å²) in [5.41, 5.74) is 2.07. The Labute approximate surface area is 248 Å². The zero-order valence-corrected chi connectivity index (χ0v) is 24.6. The number of nitrogens with zero attached hydrogens (tertiary/aromatic N) is 1. The first-order valence-electron chi connectivity index (χ1n) is 14.3. The van der Waals surface area contributed by atoms with Crippen LogP contribution in [0.15, 0.2) is 91.0 Å². The lowest BCUT2D eigenvalue weighted by molar-refractivity contribution is 0.00638. The van der Waals surface area contributed by atoms with Gasteiger partial charge in [0.05, 0.1) is 24.3 Å². The van der Waals surface area contributed by atoms with Crippen LogP contribution >= 0.6 is 0 Å². The van der Waals surface area contributed by atoms with Gasteiger partial charge in [-0.3, -0.25) is 4.90 Å². The van der Waals surface area contributed by atoms with E-state index in [1.807, 2.05) is 91.0 Å². The summed E-state index contributed by atoms with van der Waals surface area (Å²) < 4.78 is 0. The molecule has 0 bridgehead atoms. The van der Waals surface area contributed by atoms with Crippen molar-refractivity contribution >= 4 is 12.1 Å². The second-order valence-electron chi connectivity index (χ2n) is 11.5. The van der Waals surface area contributed by atoms with Gasteiger partial charge in [-0.15, -0.1) is 0 Å². The van der Waals surface area contributed by atoms with Crippen molar-refractivity contribution in [3.05, 3.63) is 108 Å². The van der Waals surface area contributed by atoms with Gasteiger partial charge in [-0.05, 0) is 50.3 Å². The molecule has 0 unspecified atom stereocenters. The summed E-state index contributed by atoms with van der Waals surface area (Å²) in [4.78, 5) is 26.3. The fraction of sp³-hybridized carbons (Fsp3) is 0.394. The van der Waals surface area contributed by atoms with Crippen molar-refractivity contribution in [3.8, 4) is 0 Å². The van der Waals surface area contributed by atoms with Crippen molar-refractivity contribution in [3.63, 3.8) is 0 Å². The van der Waals surface area contributed by atoms with E-state index in [4.69, 9.17) is 0 Å². The smallest absolute Gasteiger partial charge is 0.408 e. The Hall–Kier alpha value is -3.92. The lowest BCUT2D eigenvalue weighted by Crippen LogP contribution is -2.58. The molecule has 226 valence electrons. The minimum Gasteiger partial charge on any atom is -0.465 e. The predicted octanol–water partition coefficient (Wildman–Crippen LogP) is 3.80. The Kier molecular flexibility index (Phi) is 12.3. The van der Waals surface area contributed by atoms with Gasteiger partial charge in [0.25, 0.3) is 0 Å². The van der Waals surface area contributed by atoms with Gasteiger partial charge in [0, 0.05) is 25.2 Å². The molecule has 3 aromatic rings. The van der Waals surface area contributed by atoms with Crippen molar-refractivity contribution < 1.29 is 24.9 Å². The Balaban J connectivity index is 1.65. The molecule has 3 amide bonds. The van der Waals surface area contributed by atoms with Crippen LogP contribution in [0.4, 0.5) is 9.59 Å². The number of hydrogen-bond acceptors (Lipinski definition) is 5. The van der Waals surface area contributed by atoms with E-state index < -0.39 is 42.0 Å². The molecular weight excluding hydrogens is 532 g/mol. The van der Waals surface area contributed by atoms with E-state index in [-0.39, 0.29) is 13.1 Å². The predicted molar refractivity (Wildman–Crippen MR) is 164 cm³/mol. The Morgan fingerprint density at radius 2 is 1.21 bits per heavy atom.